The van der Waals surface area contributed by atoms with Crippen LogP contribution in [-0.4, -0.2) is 56.1 Å². The van der Waals surface area contributed by atoms with Gasteiger partial charge in [-0.3, -0.25) is 9.69 Å². The number of methoxy groups -OCH3 is 2. The number of ether oxygens (including phenoxy) is 3. The summed E-state index contributed by atoms with van der Waals surface area (Å²) in [6, 6.07) is 2.37. The molecule has 3 fully saturated rings. The van der Waals surface area contributed by atoms with Gasteiger partial charge in [-0.2, -0.15) is 0 Å². The molecule has 1 spiro atoms. The van der Waals surface area contributed by atoms with Gasteiger partial charge >= 0.3 is 5.97 Å². The lowest BCUT2D eigenvalue weighted by Gasteiger charge is -2.58. The number of carbonyl (C=O) groups is 2. The van der Waals surface area contributed by atoms with E-state index in [1.165, 1.54) is 43.7 Å². The molecule has 2 bridgehead atoms. The van der Waals surface area contributed by atoms with E-state index in [1.807, 2.05) is 12.1 Å². The fourth-order valence-corrected chi connectivity index (χ4v) is 6.89. The first-order chi connectivity index (χ1) is 15.1. The lowest BCUT2D eigenvalue weighted by Crippen LogP contribution is -2.66. The maximum absolute atomic E-state index is 13.1. The van der Waals surface area contributed by atoms with Crippen LogP contribution in [0.4, 0.5) is 0 Å². The number of nitrogens with zero attached hydrogens (tertiary/aromatic N) is 1. The van der Waals surface area contributed by atoms with Crippen LogP contribution in [0.2, 0.25) is 0 Å². The minimum absolute atomic E-state index is 0.225. The van der Waals surface area contributed by atoms with E-state index in [0.717, 1.165) is 43.0 Å². The minimum Gasteiger partial charge on any atom is -0.493 e. The van der Waals surface area contributed by atoms with Crippen LogP contribution in [0, 0.1) is 11.8 Å². The predicted octanol–water partition coefficient (Wildman–Crippen LogP) is 2.90. The largest absolute Gasteiger partial charge is 0.493 e. The topological polar surface area (TPSA) is 65.1 Å². The van der Waals surface area contributed by atoms with E-state index in [0.29, 0.717) is 24.1 Å². The molecule has 164 valence electrons. The first-order valence-electron chi connectivity index (χ1n) is 11.5. The van der Waals surface area contributed by atoms with Gasteiger partial charge in [0.1, 0.15) is 0 Å². The van der Waals surface area contributed by atoms with Crippen molar-refractivity contribution < 1.29 is 23.8 Å². The molecule has 0 amide bonds. The summed E-state index contributed by atoms with van der Waals surface area (Å²) >= 11 is 0. The average Bonchev–Trinajstić information content (AvgIpc) is 3.53. The lowest BCUT2D eigenvalue weighted by molar-refractivity contribution is -0.139. The highest BCUT2D eigenvalue weighted by atomic mass is 16.5. The third-order valence-corrected chi connectivity index (χ3v) is 8.38. The Hall–Kier alpha value is -2.34. The molecule has 1 aromatic carbocycles. The normalized spacial score (nSPS) is 33.2. The summed E-state index contributed by atoms with van der Waals surface area (Å²) in [6.07, 6.45) is 9.00. The smallest absolute Gasteiger partial charge is 0.330 e. The molecule has 0 radical (unpaired) electrons. The van der Waals surface area contributed by atoms with Crippen LogP contribution in [-0.2, 0) is 26.2 Å². The molecule has 3 unspecified atom stereocenters. The number of carbonyl (C=O) groups excluding carboxylic acids is 2. The molecule has 6 heteroatoms. The standard InChI is InChI=1S/C25H29NO5/c1-29-20-11-15(5-8-21(28)30-2)16-12-18-17-6-7-19(27)24-25(17,22(16)23(20)31-24)9-10-26(18)13-14-3-4-14/h5,8,11,14,17-18,24H,3-4,6-7,9-10,12-13H2,1-2H3/b8-5+/t17?,18?,24-,25?/m1/s1. The molecule has 1 aromatic rings. The molecule has 1 saturated heterocycles. The van der Waals surface area contributed by atoms with Gasteiger partial charge in [-0.25, -0.2) is 4.79 Å². The molecule has 4 atom stereocenters. The maximum Gasteiger partial charge on any atom is 0.330 e. The van der Waals surface area contributed by atoms with E-state index in [9.17, 15) is 9.59 Å². The van der Waals surface area contributed by atoms with Crippen LogP contribution in [0.1, 0.15) is 48.8 Å². The molecule has 31 heavy (non-hydrogen) atoms. The molecular weight excluding hydrogens is 394 g/mol. The van der Waals surface area contributed by atoms with E-state index < -0.39 is 6.10 Å². The highest BCUT2D eigenvalue weighted by Crippen LogP contribution is 2.64. The number of ketones is 1. The summed E-state index contributed by atoms with van der Waals surface area (Å²) in [5.41, 5.74) is 3.11. The first kappa shape index (κ1) is 19.4. The average molecular weight is 424 g/mol. The Kier molecular flexibility index (Phi) is 4.26. The van der Waals surface area contributed by atoms with E-state index in [1.54, 1.807) is 7.11 Å². The van der Waals surface area contributed by atoms with Crippen molar-refractivity contribution in [3.05, 3.63) is 28.8 Å². The Morgan fingerprint density at radius 3 is 2.90 bits per heavy atom. The first-order valence-corrected chi connectivity index (χ1v) is 11.5. The number of hydrogen-bond acceptors (Lipinski definition) is 6. The molecule has 6 nitrogen and oxygen atoms in total. The van der Waals surface area contributed by atoms with Gasteiger partial charge in [-0.15, -0.1) is 0 Å². The zero-order chi connectivity index (χ0) is 21.3. The van der Waals surface area contributed by atoms with Crippen molar-refractivity contribution in [2.45, 2.75) is 56.1 Å². The van der Waals surface area contributed by atoms with E-state index in [-0.39, 0.29) is 17.2 Å². The van der Waals surface area contributed by atoms with Crippen LogP contribution >= 0.6 is 0 Å². The van der Waals surface area contributed by atoms with Crippen molar-refractivity contribution in [1.29, 1.82) is 0 Å². The fraction of sp³-hybridized carbons (Fsp3) is 0.600. The Balaban J connectivity index is 1.53. The summed E-state index contributed by atoms with van der Waals surface area (Å²) in [7, 11) is 3.02. The third kappa shape index (κ3) is 2.67. The van der Waals surface area contributed by atoms with Gasteiger partial charge in [0.05, 0.1) is 14.2 Å². The minimum atomic E-state index is -0.403. The van der Waals surface area contributed by atoms with Crippen LogP contribution in [0.25, 0.3) is 6.08 Å². The molecule has 2 heterocycles. The molecule has 0 aromatic heterocycles. The van der Waals surface area contributed by atoms with Crippen LogP contribution in [0.3, 0.4) is 0 Å². The molecular formula is C25H29NO5. The van der Waals surface area contributed by atoms with Gasteiger partial charge in [-0.1, -0.05) is 0 Å². The molecule has 3 aliphatic carbocycles. The zero-order valence-corrected chi connectivity index (χ0v) is 18.2. The summed E-state index contributed by atoms with van der Waals surface area (Å²) in [5.74, 6) is 2.52. The molecule has 5 aliphatic rings. The van der Waals surface area contributed by atoms with Gasteiger partial charge < -0.3 is 14.2 Å². The molecule has 0 N–H and O–H groups in total. The van der Waals surface area contributed by atoms with Crippen molar-refractivity contribution in [2.75, 3.05) is 27.3 Å². The quantitative estimate of drug-likeness (QED) is 0.536. The van der Waals surface area contributed by atoms with Gasteiger partial charge in [0.25, 0.3) is 0 Å². The second-order valence-electron chi connectivity index (χ2n) is 9.82. The predicted molar refractivity (Wildman–Crippen MR) is 114 cm³/mol. The van der Waals surface area contributed by atoms with Crippen molar-refractivity contribution in [3.8, 4) is 11.5 Å². The summed E-state index contributed by atoms with van der Waals surface area (Å²) in [6.45, 7) is 2.19. The number of likely N-dealkylation sites (tertiary alicyclic amines) is 1. The lowest BCUT2D eigenvalue weighted by atomic mass is 9.51. The number of benzene rings is 1. The third-order valence-electron chi connectivity index (χ3n) is 8.38. The summed E-state index contributed by atoms with van der Waals surface area (Å²) in [5, 5.41) is 0. The van der Waals surface area contributed by atoms with Gasteiger partial charge in [0.15, 0.2) is 23.4 Å². The van der Waals surface area contributed by atoms with Crippen molar-refractivity contribution in [3.63, 3.8) is 0 Å². The Morgan fingerprint density at radius 1 is 1.32 bits per heavy atom. The maximum atomic E-state index is 13.1. The number of Topliss-reactive ketones (excluding diaryl/α,β-unsaturated/α-hetero) is 1. The van der Waals surface area contributed by atoms with Crippen molar-refractivity contribution >= 4 is 17.8 Å². The van der Waals surface area contributed by atoms with Crippen LogP contribution < -0.4 is 9.47 Å². The Bertz CT molecular complexity index is 996. The second kappa shape index (κ2) is 6.83. The van der Waals surface area contributed by atoms with Crippen molar-refractivity contribution in [1.82, 2.24) is 4.90 Å². The SMILES string of the molecule is COC(=O)/C=C/c1cc(OC)c2c3c1CC1C4CCC(=O)[C@@H](O2)C34CCN1CC1CC1. The number of esters is 1. The highest BCUT2D eigenvalue weighted by Gasteiger charge is 2.66. The van der Waals surface area contributed by atoms with E-state index in [2.05, 4.69) is 4.90 Å². The Labute approximate surface area is 182 Å². The van der Waals surface area contributed by atoms with Crippen molar-refractivity contribution in [2.24, 2.45) is 11.8 Å². The van der Waals surface area contributed by atoms with E-state index in [4.69, 9.17) is 14.2 Å². The molecule has 6 rings (SSSR count). The van der Waals surface area contributed by atoms with Gasteiger partial charge in [-0.05, 0) is 73.8 Å². The second-order valence-corrected chi connectivity index (χ2v) is 9.82. The monoisotopic (exact) mass is 423 g/mol. The van der Waals surface area contributed by atoms with Crippen LogP contribution in [0.15, 0.2) is 12.1 Å². The Morgan fingerprint density at radius 2 is 2.16 bits per heavy atom. The van der Waals surface area contributed by atoms with Gasteiger partial charge in [0.2, 0.25) is 0 Å². The number of piperidine rings is 1. The number of rotatable bonds is 5. The molecule has 2 aliphatic heterocycles. The highest BCUT2D eigenvalue weighted by molar-refractivity contribution is 5.91. The van der Waals surface area contributed by atoms with Gasteiger partial charge in [0, 0.05) is 36.1 Å². The zero-order valence-electron chi connectivity index (χ0n) is 18.2. The molecule has 2 saturated carbocycles. The van der Waals surface area contributed by atoms with E-state index >= 15 is 0 Å². The summed E-state index contributed by atoms with van der Waals surface area (Å²) in [4.78, 5) is 27.6. The summed E-state index contributed by atoms with van der Waals surface area (Å²) < 4.78 is 17.0. The fourth-order valence-electron chi connectivity index (χ4n) is 6.89. The van der Waals surface area contributed by atoms with Crippen LogP contribution in [0.5, 0.6) is 11.5 Å². The number of hydrogen-bond donors (Lipinski definition) is 0.